The van der Waals surface area contributed by atoms with Crippen LogP contribution in [0.5, 0.6) is 23.0 Å². The fraction of sp³-hybridized carbons (Fsp3) is 0.424. The van der Waals surface area contributed by atoms with Crippen LogP contribution in [0.1, 0.15) is 71.2 Å². The third-order valence-corrected chi connectivity index (χ3v) is 10.2. The molecule has 1 aliphatic rings. The van der Waals surface area contributed by atoms with Gasteiger partial charge in [-0.1, -0.05) is 13.3 Å². The Labute approximate surface area is 266 Å². The van der Waals surface area contributed by atoms with Gasteiger partial charge in [0.1, 0.15) is 0 Å². The monoisotopic (exact) mass is 660 g/mol. The van der Waals surface area contributed by atoms with E-state index in [9.17, 15) is 14.4 Å². The molecule has 1 saturated carbocycles. The molecule has 1 atom stereocenters. The number of aliphatic carboxylic acids is 1. The van der Waals surface area contributed by atoms with Crippen molar-refractivity contribution >= 4 is 60.4 Å². The lowest BCUT2D eigenvalue weighted by Gasteiger charge is -2.22. The number of fused-ring (bicyclic) bond motifs is 2. The van der Waals surface area contributed by atoms with Gasteiger partial charge in [0.2, 0.25) is 0 Å². The number of hydrogen-bond acceptors (Lipinski definition) is 9. The van der Waals surface area contributed by atoms with Crippen LogP contribution in [-0.2, 0) is 4.79 Å². The van der Waals surface area contributed by atoms with E-state index in [1.165, 1.54) is 38.5 Å². The van der Waals surface area contributed by atoms with Gasteiger partial charge in [-0.05, 0) is 44.2 Å². The van der Waals surface area contributed by atoms with Crippen molar-refractivity contribution in [3.63, 3.8) is 0 Å². The Morgan fingerprint density at radius 2 is 1.36 bits per heavy atom. The zero-order valence-electron chi connectivity index (χ0n) is 25.2. The summed E-state index contributed by atoms with van der Waals surface area (Å²) in [6.07, 6.45) is 4.40. The molecular formula is C33H34F2O8S2. The molecule has 5 rings (SSSR count). The number of benzene rings is 2. The number of ether oxygens (including phenoxy) is 4. The second kappa shape index (κ2) is 14.1. The van der Waals surface area contributed by atoms with Gasteiger partial charge in [-0.15, -0.1) is 22.7 Å². The van der Waals surface area contributed by atoms with E-state index in [1.54, 1.807) is 18.2 Å². The fourth-order valence-electron chi connectivity index (χ4n) is 5.10. The third kappa shape index (κ3) is 6.91. The first-order valence-corrected chi connectivity index (χ1v) is 16.4. The molecule has 240 valence electrons. The standard InChI is InChI=1S/C33H34F2O8S2/c1-17(33(38)39)12-21(36)26-13-19-24(44-26)15-22(40-2)31(28(19)34)42-10-5-4-6-11-43-32-23(41-3)16-25-20(29(32)35)14-27(45-25)30(37)18-8-7-9-18/h13-18H,4-12H2,1-3H3,(H,38,39)/t17-/m0/s1. The van der Waals surface area contributed by atoms with Gasteiger partial charge in [0, 0.05) is 44.6 Å². The highest BCUT2D eigenvalue weighted by Crippen LogP contribution is 2.42. The number of methoxy groups -OCH3 is 2. The summed E-state index contributed by atoms with van der Waals surface area (Å²) in [7, 11) is 2.84. The summed E-state index contributed by atoms with van der Waals surface area (Å²) in [5, 5.41) is 9.64. The van der Waals surface area contributed by atoms with Gasteiger partial charge in [0.25, 0.3) is 0 Å². The van der Waals surface area contributed by atoms with E-state index in [2.05, 4.69) is 0 Å². The van der Waals surface area contributed by atoms with Crippen LogP contribution in [0.25, 0.3) is 20.2 Å². The van der Waals surface area contributed by atoms with Crippen molar-refractivity contribution in [3.8, 4) is 23.0 Å². The quantitative estimate of drug-likeness (QED) is 0.0945. The number of carbonyl (C=O) groups excluding carboxylic acids is 2. The van der Waals surface area contributed by atoms with Gasteiger partial charge >= 0.3 is 5.97 Å². The second-order valence-corrected chi connectivity index (χ2v) is 13.3. The Balaban J connectivity index is 1.16. The smallest absolute Gasteiger partial charge is 0.306 e. The van der Waals surface area contributed by atoms with Crippen molar-refractivity contribution in [2.45, 2.75) is 51.9 Å². The van der Waals surface area contributed by atoms with Crippen molar-refractivity contribution in [2.75, 3.05) is 27.4 Å². The number of halogens is 2. The summed E-state index contributed by atoms with van der Waals surface area (Å²) in [5.41, 5.74) is 0. The predicted octanol–water partition coefficient (Wildman–Crippen LogP) is 8.32. The van der Waals surface area contributed by atoms with Gasteiger partial charge in [-0.25, -0.2) is 8.78 Å². The number of rotatable bonds is 16. The lowest BCUT2D eigenvalue weighted by atomic mass is 9.82. The molecule has 12 heteroatoms. The molecule has 45 heavy (non-hydrogen) atoms. The summed E-state index contributed by atoms with van der Waals surface area (Å²) in [5.74, 6) is -3.00. The maximum absolute atomic E-state index is 15.4. The summed E-state index contributed by atoms with van der Waals surface area (Å²) in [4.78, 5) is 37.2. The largest absolute Gasteiger partial charge is 0.493 e. The van der Waals surface area contributed by atoms with E-state index in [4.69, 9.17) is 24.1 Å². The molecule has 0 spiro atoms. The van der Waals surface area contributed by atoms with Crippen LogP contribution in [0, 0.1) is 23.5 Å². The van der Waals surface area contributed by atoms with E-state index >= 15 is 8.78 Å². The summed E-state index contributed by atoms with van der Waals surface area (Å²) >= 11 is 2.35. The van der Waals surface area contributed by atoms with Gasteiger partial charge in [-0.2, -0.15) is 0 Å². The van der Waals surface area contributed by atoms with Gasteiger partial charge in [0.05, 0.1) is 43.1 Å². The molecule has 8 nitrogen and oxygen atoms in total. The number of carbonyl (C=O) groups is 3. The molecule has 1 aliphatic carbocycles. The van der Waals surface area contributed by atoms with Crippen LogP contribution in [0.2, 0.25) is 0 Å². The summed E-state index contributed by atoms with van der Waals surface area (Å²) < 4.78 is 54.3. The highest BCUT2D eigenvalue weighted by atomic mass is 32.1. The molecule has 0 bridgehead atoms. The Hall–Kier alpha value is -3.77. The van der Waals surface area contributed by atoms with Crippen LogP contribution >= 0.6 is 22.7 Å². The average molecular weight is 661 g/mol. The number of Topliss-reactive ketones (excluding diaryl/α,β-unsaturated/α-hetero) is 2. The van der Waals surface area contributed by atoms with E-state index in [1.807, 2.05) is 0 Å². The average Bonchev–Trinajstić information content (AvgIpc) is 3.62. The molecule has 4 aromatic rings. The fourth-order valence-corrected chi connectivity index (χ4v) is 7.24. The molecule has 0 amide bonds. The first-order valence-electron chi connectivity index (χ1n) is 14.8. The molecule has 2 aromatic carbocycles. The van der Waals surface area contributed by atoms with Crippen LogP contribution < -0.4 is 18.9 Å². The minimum Gasteiger partial charge on any atom is -0.493 e. The van der Waals surface area contributed by atoms with Gasteiger partial charge in [0.15, 0.2) is 46.2 Å². The predicted molar refractivity (Wildman–Crippen MR) is 169 cm³/mol. The third-order valence-electron chi connectivity index (χ3n) is 7.99. The van der Waals surface area contributed by atoms with Crippen molar-refractivity contribution in [2.24, 2.45) is 11.8 Å². The zero-order valence-corrected chi connectivity index (χ0v) is 26.8. The lowest BCUT2D eigenvalue weighted by Crippen LogP contribution is -2.20. The van der Waals surface area contributed by atoms with E-state index < -0.39 is 23.5 Å². The highest BCUT2D eigenvalue weighted by Gasteiger charge is 2.29. The van der Waals surface area contributed by atoms with Crippen molar-refractivity contribution in [1.82, 2.24) is 0 Å². The molecular weight excluding hydrogens is 626 g/mol. The Morgan fingerprint density at radius 1 is 0.844 bits per heavy atom. The topological polar surface area (TPSA) is 108 Å². The van der Waals surface area contributed by atoms with Crippen LogP contribution in [0.4, 0.5) is 8.78 Å². The molecule has 0 radical (unpaired) electrons. The summed E-state index contributed by atoms with van der Waals surface area (Å²) in [6.45, 7) is 1.85. The molecule has 0 unspecified atom stereocenters. The van der Waals surface area contributed by atoms with E-state index in [0.717, 1.165) is 30.6 Å². The number of carboxylic acid groups (broad SMARTS) is 1. The van der Waals surface area contributed by atoms with Crippen LogP contribution in [-0.4, -0.2) is 50.1 Å². The zero-order chi connectivity index (χ0) is 32.2. The normalized spacial score (nSPS) is 13.9. The first kappa shape index (κ1) is 32.6. The van der Waals surface area contributed by atoms with Gasteiger partial charge in [-0.3, -0.25) is 14.4 Å². The summed E-state index contributed by atoms with van der Waals surface area (Å²) in [6, 6.07) is 6.33. The molecule has 1 fully saturated rings. The molecule has 1 N–H and O–H groups in total. The minimum atomic E-state index is -1.07. The highest BCUT2D eigenvalue weighted by molar-refractivity contribution is 7.21. The number of thiophene rings is 2. The molecule has 2 heterocycles. The van der Waals surface area contributed by atoms with Crippen LogP contribution in [0.15, 0.2) is 24.3 Å². The van der Waals surface area contributed by atoms with E-state index in [-0.39, 0.29) is 70.4 Å². The van der Waals surface area contributed by atoms with Crippen molar-refractivity contribution in [3.05, 3.63) is 45.7 Å². The first-order chi connectivity index (χ1) is 21.6. The SMILES string of the molecule is COc1cc2sc(C(=O)C[C@H](C)C(=O)O)cc2c(F)c1OCCCCCOc1c(OC)cc2sc(C(=O)C3CCC3)cc2c1F. The molecule has 0 saturated heterocycles. The van der Waals surface area contributed by atoms with Crippen molar-refractivity contribution in [1.29, 1.82) is 0 Å². The Morgan fingerprint density at radius 3 is 1.82 bits per heavy atom. The molecule has 2 aromatic heterocycles. The van der Waals surface area contributed by atoms with Gasteiger partial charge < -0.3 is 24.1 Å². The van der Waals surface area contributed by atoms with Crippen molar-refractivity contribution < 1.29 is 47.2 Å². The van der Waals surface area contributed by atoms with E-state index in [0.29, 0.717) is 38.9 Å². The Kier molecular flexibility index (Phi) is 10.2. The van der Waals surface area contributed by atoms with Crippen LogP contribution in [0.3, 0.4) is 0 Å². The second-order valence-electron chi connectivity index (χ2n) is 11.1. The number of ketones is 2. The number of unbranched alkanes of at least 4 members (excludes halogenated alkanes) is 2. The molecule has 0 aliphatic heterocycles. The maximum atomic E-state index is 15.4. The minimum absolute atomic E-state index is 0.00725. The Bertz CT molecular complexity index is 1740. The number of carboxylic acids is 1. The number of hydrogen-bond donors (Lipinski definition) is 1. The maximum Gasteiger partial charge on any atom is 0.306 e. The lowest BCUT2D eigenvalue weighted by molar-refractivity contribution is -0.141.